The quantitative estimate of drug-likeness (QED) is 0.190. The monoisotopic (exact) mass is 621 g/mol. The summed E-state index contributed by atoms with van der Waals surface area (Å²) in [6, 6.07) is 55.3. The standard InChI is InChI=1S/C46H39NO/c1-3-9-33(10-4-1)35-15-19-39(20-16-35)47(40-21-17-36(18-22-40)34-11-5-2-6-12-34)41-23-24-43-45(30-41)48-44-14-8-7-13-42(44)46(43)37-26-31-25-32(28-37)29-38(46)27-31/h1-24,30-32,37-38H,25-29H2. The van der Waals surface area contributed by atoms with Gasteiger partial charge >= 0.3 is 0 Å². The Morgan fingerprint density at radius 2 is 0.875 bits per heavy atom. The molecule has 48 heavy (non-hydrogen) atoms. The van der Waals surface area contributed by atoms with Crippen LogP contribution in [0.5, 0.6) is 11.5 Å². The second kappa shape index (κ2) is 11.0. The maximum absolute atomic E-state index is 6.90. The normalized spacial score (nSPS) is 24.5. The van der Waals surface area contributed by atoms with Crippen LogP contribution in [0.25, 0.3) is 22.3 Å². The zero-order valence-electron chi connectivity index (χ0n) is 27.1. The molecule has 4 aliphatic carbocycles. The van der Waals surface area contributed by atoms with Gasteiger partial charge in [-0.15, -0.1) is 0 Å². The number of hydrogen-bond donors (Lipinski definition) is 0. The van der Waals surface area contributed by atoms with Crippen molar-refractivity contribution in [3.8, 4) is 33.8 Å². The molecule has 0 N–H and O–H groups in total. The summed E-state index contributed by atoms with van der Waals surface area (Å²) in [6.45, 7) is 0. The molecule has 1 spiro atoms. The molecule has 2 nitrogen and oxygen atoms in total. The van der Waals surface area contributed by atoms with Gasteiger partial charge in [0.05, 0.1) is 0 Å². The molecule has 4 bridgehead atoms. The molecule has 0 atom stereocenters. The van der Waals surface area contributed by atoms with E-state index in [9.17, 15) is 0 Å². The average Bonchev–Trinajstić information content (AvgIpc) is 3.14. The Hall–Kier alpha value is -5.08. The SMILES string of the molecule is c1ccc(-c2ccc(N(c3ccc(-c4ccccc4)cc3)c3ccc4c(c3)Oc3ccccc3C43C4CC5CC(C4)CC3C5)cc2)cc1. The molecule has 0 amide bonds. The third kappa shape index (κ3) is 4.32. The average molecular weight is 622 g/mol. The zero-order valence-corrected chi connectivity index (χ0v) is 27.1. The summed E-state index contributed by atoms with van der Waals surface area (Å²) in [6.07, 6.45) is 6.88. The topological polar surface area (TPSA) is 12.5 Å². The summed E-state index contributed by atoms with van der Waals surface area (Å²) in [5, 5.41) is 0. The van der Waals surface area contributed by atoms with Gasteiger partial charge in [0.25, 0.3) is 0 Å². The minimum absolute atomic E-state index is 0.0512. The van der Waals surface area contributed by atoms with Gasteiger partial charge in [0.15, 0.2) is 0 Å². The molecule has 4 fully saturated rings. The number of anilines is 3. The maximum atomic E-state index is 6.90. The maximum Gasteiger partial charge on any atom is 0.133 e. The van der Waals surface area contributed by atoms with Crippen molar-refractivity contribution in [2.45, 2.75) is 37.5 Å². The van der Waals surface area contributed by atoms with E-state index in [-0.39, 0.29) is 5.41 Å². The van der Waals surface area contributed by atoms with E-state index >= 15 is 0 Å². The van der Waals surface area contributed by atoms with Gasteiger partial charge in [0.2, 0.25) is 0 Å². The second-order valence-corrected chi connectivity index (χ2v) is 14.6. The van der Waals surface area contributed by atoms with Gasteiger partial charge in [-0.1, -0.05) is 109 Å². The Kier molecular flexibility index (Phi) is 6.41. The fourth-order valence-electron chi connectivity index (χ4n) is 10.4. The first-order valence-corrected chi connectivity index (χ1v) is 17.8. The van der Waals surface area contributed by atoms with Gasteiger partial charge in [-0.25, -0.2) is 0 Å². The Balaban J connectivity index is 1.10. The van der Waals surface area contributed by atoms with E-state index in [1.807, 2.05) is 0 Å². The molecule has 1 heterocycles. The number of nitrogens with zero attached hydrogens (tertiary/aromatic N) is 1. The van der Waals surface area contributed by atoms with E-state index in [1.54, 1.807) is 0 Å². The lowest BCUT2D eigenvalue weighted by Gasteiger charge is -2.63. The fourth-order valence-corrected chi connectivity index (χ4v) is 10.4. The molecule has 0 radical (unpaired) electrons. The lowest BCUT2D eigenvalue weighted by atomic mass is 9.42. The lowest BCUT2D eigenvalue weighted by molar-refractivity contribution is -0.0452. The van der Waals surface area contributed by atoms with Crippen LogP contribution in [-0.2, 0) is 5.41 Å². The van der Waals surface area contributed by atoms with E-state index in [0.29, 0.717) is 11.8 Å². The smallest absolute Gasteiger partial charge is 0.133 e. The summed E-state index contributed by atoms with van der Waals surface area (Å²) in [5.41, 5.74) is 11.2. The van der Waals surface area contributed by atoms with Gasteiger partial charge in [0.1, 0.15) is 11.5 Å². The highest BCUT2D eigenvalue weighted by Gasteiger charge is 2.61. The van der Waals surface area contributed by atoms with Crippen molar-refractivity contribution < 1.29 is 4.74 Å². The summed E-state index contributed by atoms with van der Waals surface area (Å²) in [5.74, 6) is 5.28. The van der Waals surface area contributed by atoms with E-state index in [4.69, 9.17) is 4.74 Å². The minimum atomic E-state index is 0.0512. The Labute approximate surface area is 283 Å². The number of para-hydroxylation sites is 1. The molecule has 5 aliphatic rings. The Morgan fingerprint density at radius 3 is 1.44 bits per heavy atom. The van der Waals surface area contributed by atoms with Gasteiger partial charge in [-0.2, -0.15) is 0 Å². The molecule has 0 unspecified atom stereocenters. The Morgan fingerprint density at radius 1 is 0.417 bits per heavy atom. The molecule has 2 heteroatoms. The van der Waals surface area contributed by atoms with Crippen LogP contribution >= 0.6 is 0 Å². The number of rotatable bonds is 5. The first-order valence-electron chi connectivity index (χ1n) is 17.8. The van der Waals surface area contributed by atoms with E-state index < -0.39 is 0 Å². The van der Waals surface area contributed by atoms with Crippen LogP contribution in [0.4, 0.5) is 17.1 Å². The van der Waals surface area contributed by atoms with E-state index in [1.165, 1.54) is 65.5 Å². The molecule has 1 aliphatic heterocycles. The predicted molar refractivity (Wildman–Crippen MR) is 196 cm³/mol. The van der Waals surface area contributed by atoms with Crippen LogP contribution in [-0.4, -0.2) is 0 Å². The van der Waals surface area contributed by atoms with Crippen LogP contribution in [0.1, 0.15) is 43.2 Å². The fraction of sp³-hybridized carbons (Fsp3) is 0.217. The summed E-state index contributed by atoms with van der Waals surface area (Å²) in [4.78, 5) is 2.39. The van der Waals surface area contributed by atoms with Crippen molar-refractivity contribution in [1.82, 2.24) is 0 Å². The second-order valence-electron chi connectivity index (χ2n) is 14.6. The summed E-state index contributed by atoms with van der Waals surface area (Å²) in [7, 11) is 0. The molecule has 4 saturated carbocycles. The molecule has 6 aromatic carbocycles. The number of ether oxygens (including phenoxy) is 1. The van der Waals surface area contributed by atoms with Gasteiger partial charge in [-0.05, 0) is 114 Å². The van der Waals surface area contributed by atoms with Crippen LogP contribution in [0, 0.1) is 23.7 Å². The highest BCUT2D eigenvalue weighted by Crippen LogP contribution is 2.69. The Bertz CT molecular complexity index is 1990. The highest BCUT2D eigenvalue weighted by atomic mass is 16.5. The third-order valence-corrected chi connectivity index (χ3v) is 12.1. The molecular formula is C46H39NO. The zero-order chi connectivity index (χ0) is 31.7. The molecule has 0 saturated heterocycles. The molecule has 6 aromatic rings. The molecule has 234 valence electrons. The molecule has 0 aromatic heterocycles. The first kappa shape index (κ1) is 28.0. The first-order chi connectivity index (χ1) is 23.7. The van der Waals surface area contributed by atoms with E-state index in [0.717, 1.165) is 40.4 Å². The van der Waals surface area contributed by atoms with Gasteiger partial charge < -0.3 is 9.64 Å². The number of hydrogen-bond acceptors (Lipinski definition) is 2. The molecule has 11 rings (SSSR count). The van der Waals surface area contributed by atoms with Crippen molar-refractivity contribution in [3.63, 3.8) is 0 Å². The van der Waals surface area contributed by atoms with Crippen LogP contribution in [0.2, 0.25) is 0 Å². The van der Waals surface area contributed by atoms with Crippen molar-refractivity contribution in [2.24, 2.45) is 23.7 Å². The van der Waals surface area contributed by atoms with Crippen molar-refractivity contribution >= 4 is 17.1 Å². The highest BCUT2D eigenvalue weighted by molar-refractivity contribution is 5.81. The van der Waals surface area contributed by atoms with Gasteiger partial charge in [0, 0.05) is 39.7 Å². The predicted octanol–water partition coefficient (Wildman–Crippen LogP) is 12.3. The van der Waals surface area contributed by atoms with Crippen molar-refractivity contribution in [1.29, 1.82) is 0 Å². The van der Waals surface area contributed by atoms with Crippen LogP contribution in [0.3, 0.4) is 0 Å². The largest absolute Gasteiger partial charge is 0.457 e. The van der Waals surface area contributed by atoms with E-state index in [2.05, 4.69) is 157 Å². The third-order valence-electron chi connectivity index (χ3n) is 12.1. The summed E-state index contributed by atoms with van der Waals surface area (Å²) >= 11 is 0. The van der Waals surface area contributed by atoms with Crippen LogP contribution in [0.15, 0.2) is 152 Å². The number of fused-ring (bicyclic) bond motifs is 2. The van der Waals surface area contributed by atoms with Crippen molar-refractivity contribution in [3.05, 3.63) is 163 Å². The number of benzene rings is 6. The van der Waals surface area contributed by atoms with Crippen LogP contribution < -0.4 is 9.64 Å². The lowest BCUT2D eigenvalue weighted by Crippen LogP contribution is -2.56. The van der Waals surface area contributed by atoms with Gasteiger partial charge in [-0.3, -0.25) is 0 Å². The van der Waals surface area contributed by atoms with Crippen molar-refractivity contribution in [2.75, 3.05) is 4.90 Å². The summed E-state index contributed by atoms with van der Waals surface area (Å²) < 4.78 is 6.90. The minimum Gasteiger partial charge on any atom is -0.457 e. The molecular weight excluding hydrogens is 583 g/mol.